The number of primary amides is 1. The van der Waals surface area contributed by atoms with Gasteiger partial charge in [-0.25, -0.2) is 4.98 Å². The van der Waals surface area contributed by atoms with Crippen LogP contribution in [0.1, 0.15) is 13.8 Å². The lowest BCUT2D eigenvalue weighted by Crippen LogP contribution is -2.47. The summed E-state index contributed by atoms with van der Waals surface area (Å²) >= 11 is 0. The summed E-state index contributed by atoms with van der Waals surface area (Å²) < 4.78 is 1.94. The van der Waals surface area contributed by atoms with E-state index in [1.54, 1.807) is 6.33 Å². The molecule has 0 radical (unpaired) electrons. The van der Waals surface area contributed by atoms with Crippen LogP contribution >= 0.6 is 0 Å². The fraction of sp³-hybridized carbons (Fsp3) is 0.385. The highest BCUT2D eigenvalue weighted by atomic mass is 16.1. The fourth-order valence-corrected chi connectivity index (χ4v) is 1.98. The summed E-state index contributed by atoms with van der Waals surface area (Å²) in [5.74, 6) is -0.346. The zero-order valence-electron chi connectivity index (χ0n) is 10.6. The van der Waals surface area contributed by atoms with Crippen LogP contribution in [0, 0.1) is 0 Å². The topological polar surface area (TPSA) is 72.9 Å². The van der Waals surface area contributed by atoms with Crippen LogP contribution in [0.3, 0.4) is 0 Å². The van der Waals surface area contributed by atoms with Crippen molar-refractivity contribution in [3.63, 3.8) is 0 Å². The maximum atomic E-state index is 11.4. The van der Waals surface area contributed by atoms with E-state index in [2.05, 4.69) is 10.3 Å². The SMILES string of the molecule is CC(C)NC(Cn1cnc2ccccc21)C(N)=O. The van der Waals surface area contributed by atoms with Crippen molar-refractivity contribution >= 4 is 16.9 Å². The molecule has 0 bridgehead atoms. The first-order valence-corrected chi connectivity index (χ1v) is 6.03. The molecule has 1 amide bonds. The summed E-state index contributed by atoms with van der Waals surface area (Å²) in [6.07, 6.45) is 1.74. The molecule has 0 spiro atoms. The first-order valence-electron chi connectivity index (χ1n) is 6.03. The molecule has 2 rings (SSSR count). The summed E-state index contributed by atoms with van der Waals surface area (Å²) in [4.78, 5) is 15.7. The Kier molecular flexibility index (Phi) is 3.62. The first kappa shape index (κ1) is 12.6. The molecule has 0 saturated heterocycles. The third kappa shape index (κ3) is 2.68. The van der Waals surface area contributed by atoms with Gasteiger partial charge in [-0.05, 0) is 12.1 Å². The number of para-hydroxylation sites is 2. The van der Waals surface area contributed by atoms with Gasteiger partial charge in [0.1, 0.15) is 6.04 Å². The van der Waals surface area contributed by atoms with E-state index in [4.69, 9.17) is 5.73 Å². The third-order valence-corrected chi connectivity index (χ3v) is 2.78. The van der Waals surface area contributed by atoms with E-state index in [1.807, 2.05) is 42.7 Å². The molecule has 0 aliphatic carbocycles. The molecule has 18 heavy (non-hydrogen) atoms. The van der Waals surface area contributed by atoms with Gasteiger partial charge in [-0.3, -0.25) is 4.79 Å². The van der Waals surface area contributed by atoms with Crippen LogP contribution in [0.4, 0.5) is 0 Å². The van der Waals surface area contributed by atoms with Crippen molar-refractivity contribution < 1.29 is 4.79 Å². The number of fused-ring (bicyclic) bond motifs is 1. The number of nitrogens with one attached hydrogen (secondary N) is 1. The number of carbonyl (C=O) groups is 1. The lowest BCUT2D eigenvalue weighted by atomic mass is 10.2. The molecule has 1 aromatic heterocycles. The third-order valence-electron chi connectivity index (χ3n) is 2.78. The largest absolute Gasteiger partial charge is 0.368 e. The fourth-order valence-electron chi connectivity index (χ4n) is 1.98. The second-order valence-electron chi connectivity index (χ2n) is 4.66. The van der Waals surface area contributed by atoms with Crippen LogP contribution in [0.15, 0.2) is 30.6 Å². The van der Waals surface area contributed by atoms with Crippen molar-refractivity contribution in [3.05, 3.63) is 30.6 Å². The minimum atomic E-state index is -0.386. The molecule has 0 aliphatic heterocycles. The van der Waals surface area contributed by atoms with Crippen LogP contribution in [0.25, 0.3) is 11.0 Å². The number of amides is 1. The Bertz CT molecular complexity index is 547. The number of nitrogens with two attached hydrogens (primary N) is 1. The van der Waals surface area contributed by atoms with Gasteiger partial charge in [0.25, 0.3) is 0 Å². The molecule has 0 aliphatic rings. The predicted octanol–water partition coefficient (Wildman–Crippen LogP) is 0.888. The van der Waals surface area contributed by atoms with E-state index >= 15 is 0 Å². The Morgan fingerprint density at radius 2 is 2.17 bits per heavy atom. The van der Waals surface area contributed by atoms with Gasteiger partial charge in [0.2, 0.25) is 5.91 Å². The van der Waals surface area contributed by atoms with E-state index < -0.39 is 0 Å². The van der Waals surface area contributed by atoms with Gasteiger partial charge in [-0.1, -0.05) is 26.0 Å². The van der Waals surface area contributed by atoms with Crippen molar-refractivity contribution in [2.75, 3.05) is 0 Å². The Labute approximate surface area is 106 Å². The van der Waals surface area contributed by atoms with Crippen LogP contribution in [-0.2, 0) is 11.3 Å². The highest BCUT2D eigenvalue weighted by Gasteiger charge is 2.17. The maximum absolute atomic E-state index is 11.4. The van der Waals surface area contributed by atoms with Crippen molar-refractivity contribution in [3.8, 4) is 0 Å². The molecular weight excluding hydrogens is 228 g/mol. The van der Waals surface area contributed by atoms with Crippen LogP contribution in [-0.4, -0.2) is 27.5 Å². The second kappa shape index (κ2) is 5.18. The van der Waals surface area contributed by atoms with Crippen LogP contribution in [0.2, 0.25) is 0 Å². The molecule has 0 fully saturated rings. The lowest BCUT2D eigenvalue weighted by Gasteiger charge is -2.18. The minimum absolute atomic E-state index is 0.206. The molecule has 1 unspecified atom stereocenters. The zero-order valence-corrected chi connectivity index (χ0v) is 10.6. The highest BCUT2D eigenvalue weighted by molar-refractivity contribution is 5.80. The summed E-state index contributed by atoms with van der Waals surface area (Å²) in [7, 11) is 0. The number of hydrogen-bond acceptors (Lipinski definition) is 3. The molecule has 3 N–H and O–H groups in total. The molecule has 5 heteroatoms. The van der Waals surface area contributed by atoms with Gasteiger partial charge in [0.05, 0.1) is 17.4 Å². The molecule has 96 valence electrons. The summed E-state index contributed by atoms with van der Waals surface area (Å²) in [6.45, 7) is 4.47. The van der Waals surface area contributed by atoms with Gasteiger partial charge in [-0.2, -0.15) is 0 Å². The number of carbonyl (C=O) groups excluding carboxylic acids is 1. The molecule has 2 aromatic rings. The van der Waals surface area contributed by atoms with Gasteiger partial charge in [0.15, 0.2) is 0 Å². The van der Waals surface area contributed by atoms with E-state index in [9.17, 15) is 4.79 Å². The molecule has 1 aromatic carbocycles. The van der Waals surface area contributed by atoms with Gasteiger partial charge < -0.3 is 15.6 Å². The maximum Gasteiger partial charge on any atom is 0.236 e. The van der Waals surface area contributed by atoms with E-state index in [0.717, 1.165) is 11.0 Å². The Morgan fingerprint density at radius 1 is 1.44 bits per heavy atom. The average molecular weight is 246 g/mol. The van der Waals surface area contributed by atoms with Crippen LogP contribution < -0.4 is 11.1 Å². The number of imidazole rings is 1. The summed E-state index contributed by atoms with van der Waals surface area (Å²) in [5, 5.41) is 3.16. The normalized spacial score (nSPS) is 13.1. The second-order valence-corrected chi connectivity index (χ2v) is 4.66. The number of benzene rings is 1. The van der Waals surface area contributed by atoms with Gasteiger partial charge in [-0.15, -0.1) is 0 Å². The standard InChI is InChI=1S/C13H18N4O/c1-9(2)16-11(13(14)18)7-17-8-15-10-5-3-4-6-12(10)17/h3-6,8-9,11,16H,7H2,1-2H3,(H2,14,18). The Hall–Kier alpha value is -1.88. The Balaban J connectivity index is 2.23. The molecule has 1 atom stereocenters. The average Bonchev–Trinajstić information content (AvgIpc) is 2.71. The number of hydrogen-bond donors (Lipinski definition) is 2. The summed E-state index contributed by atoms with van der Waals surface area (Å²) in [6, 6.07) is 7.64. The lowest BCUT2D eigenvalue weighted by molar-refractivity contribution is -0.120. The van der Waals surface area contributed by atoms with E-state index in [0.29, 0.717) is 6.54 Å². The van der Waals surface area contributed by atoms with Crippen molar-refractivity contribution in [1.29, 1.82) is 0 Å². The predicted molar refractivity (Wildman–Crippen MR) is 71.0 cm³/mol. The highest BCUT2D eigenvalue weighted by Crippen LogP contribution is 2.12. The molecule has 5 nitrogen and oxygen atoms in total. The quantitative estimate of drug-likeness (QED) is 0.823. The van der Waals surface area contributed by atoms with E-state index in [-0.39, 0.29) is 18.0 Å². The zero-order chi connectivity index (χ0) is 13.1. The number of nitrogens with zero attached hydrogens (tertiary/aromatic N) is 2. The summed E-state index contributed by atoms with van der Waals surface area (Å²) in [5.41, 5.74) is 7.34. The smallest absolute Gasteiger partial charge is 0.236 e. The van der Waals surface area contributed by atoms with Gasteiger partial charge >= 0.3 is 0 Å². The first-order chi connectivity index (χ1) is 8.58. The molecule has 1 heterocycles. The Morgan fingerprint density at radius 3 is 2.83 bits per heavy atom. The minimum Gasteiger partial charge on any atom is -0.368 e. The molecule has 0 saturated carbocycles. The van der Waals surface area contributed by atoms with E-state index in [1.165, 1.54) is 0 Å². The molecular formula is C13H18N4O. The van der Waals surface area contributed by atoms with Crippen molar-refractivity contribution in [1.82, 2.24) is 14.9 Å². The number of aromatic nitrogens is 2. The number of rotatable bonds is 5. The van der Waals surface area contributed by atoms with Crippen LogP contribution in [0.5, 0.6) is 0 Å². The van der Waals surface area contributed by atoms with Crippen molar-refractivity contribution in [2.24, 2.45) is 5.73 Å². The van der Waals surface area contributed by atoms with Crippen molar-refractivity contribution in [2.45, 2.75) is 32.5 Å². The van der Waals surface area contributed by atoms with Gasteiger partial charge in [0, 0.05) is 12.6 Å². The monoisotopic (exact) mass is 246 g/mol.